The van der Waals surface area contributed by atoms with Gasteiger partial charge in [-0.25, -0.2) is 4.79 Å². The Balaban J connectivity index is 1.74. The molecule has 154 valence electrons. The van der Waals surface area contributed by atoms with Gasteiger partial charge in [-0.05, 0) is 42.4 Å². The molecule has 2 amide bonds. The van der Waals surface area contributed by atoms with E-state index < -0.39 is 12.2 Å². The highest BCUT2D eigenvalue weighted by Crippen LogP contribution is 2.26. The van der Waals surface area contributed by atoms with E-state index in [2.05, 4.69) is 26.0 Å². The normalized spacial score (nSPS) is 19.5. The molecule has 1 N–H and O–H groups in total. The number of morpholine rings is 1. The number of nitrogens with zero attached hydrogens (tertiary/aromatic N) is 2. The Morgan fingerprint density at radius 1 is 1.29 bits per heavy atom. The van der Waals surface area contributed by atoms with E-state index in [0.29, 0.717) is 25.6 Å². The number of hydrogen-bond donors (Lipinski definition) is 1. The van der Waals surface area contributed by atoms with Gasteiger partial charge in [0.2, 0.25) is 0 Å². The molecule has 1 fully saturated rings. The smallest absolute Gasteiger partial charge is 0.407 e. The molecule has 2 aliphatic rings. The monoisotopic (exact) mass is 390 g/mol. The first-order valence-corrected chi connectivity index (χ1v) is 10.1. The second-order valence-electron chi connectivity index (χ2n) is 7.95. The van der Waals surface area contributed by atoms with Crippen molar-refractivity contribution in [3.8, 4) is 5.75 Å². The van der Waals surface area contributed by atoms with Crippen LogP contribution in [-0.4, -0.2) is 65.9 Å². The molecule has 2 heterocycles. The Morgan fingerprint density at radius 3 is 2.86 bits per heavy atom. The summed E-state index contributed by atoms with van der Waals surface area (Å²) in [6, 6.07) is 6.18. The molecule has 0 bridgehead atoms. The Kier molecular flexibility index (Phi) is 6.78. The van der Waals surface area contributed by atoms with Gasteiger partial charge in [-0.2, -0.15) is 0 Å². The first kappa shape index (κ1) is 20.5. The van der Waals surface area contributed by atoms with E-state index in [-0.39, 0.29) is 19.1 Å². The summed E-state index contributed by atoms with van der Waals surface area (Å²) < 4.78 is 11.5. The van der Waals surface area contributed by atoms with Crippen LogP contribution in [0.4, 0.5) is 4.79 Å². The Labute approximate surface area is 166 Å². The summed E-state index contributed by atoms with van der Waals surface area (Å²) in [6.07, 6.45) is 1.44. The molecule has 7 heteroatoms. The van der Waals surface area contributed by atoms with Crippen molar-refractivity contribution in [1.82, 2.24) is 9.80 Å². The third-order valence-corrected chi connectivity index (χ3v) is 5.11. The lowest BCUT2D eigenvalue weighted by atomic mass is 10.0. The Bertz CT molecular complexity index is 706. The SMILES string of the molecule is CC(C)CN(Cc1ccc2c(c1)OCCCC2)C(=O)C1CN(C(=O)O)CCO1. The van der Waals surface area contributed by atoms with Crippen molar-refractivity contribution in [2.24, 2.45) is 5.92 Å². The molecule has 1 aromatic carbocycles. The van der Waals surface area contributed by atoms with Gasteiger partial charge < -0.3 is 24.4 Å². The van der Waals surface area contributed by atoms with Gasteiger partial charge in [0.25, 0.3) is 5.91 Å². The number of fused-ring (bicyclic) bond motifs is 1. The molecule has 0 radical (unpaired) electrons. The van der Waals surface area contributed by atoms with Gasteiger partial charge >= 0.3 is 6.09 Å². The molecule has 0 aromatic heterocycles. The highest BCUT2D eigenvalue weighted by atomic mass is 16.5. The molecular weight excluding hydrogens is 360 g/mol. The van der Waals surface area contributed by atoms with Gasteiger partial charge in [0, 0.05) is 19.6 Å². The summed E-state index contributed by atoms with van der Waals surface area (Å²) >= 11 is 0. The van der Waals surface area contributed by atoms with E-state index in [1.54, 1.807) is 4.90 Å². The van der Waals surface area contributed by atoms with Gasteiger partial charge in [0.05, 0.1) is 19.8 Å². The lowest BCUT2D eigenvalue weighted by Crippen LogP contribution is -2.52. The van der Waals surface area contributed by atoms with E-state index in [1.807, 2.05) is 6.07 Å². The van der Waals surface area contributed by atoms with Gasteiger partial charge in [-0.3, -0.25) is 4.79 Å². The fourth-order valence-corrected chi connectivity index (χ4v) is 3.71. The van der Waals surface area contributed by atoms with Crippen molar-refractivity contribution in [3.05, 3.63) is 29.3 Å². The molecule has 1 unspecified atom stereocenters. The van der Waals surface area contributed by atoms with Crippen molar-refractivity contribution >= 4 is 12.0 Å². The van der Waals surface area contributed by atoms with Crippen LogP contribution in [0.25, 0.3) is 0 Å². The zero-order valence-electron chi connectivity index (χ0n) is 16.7. The molecule has 3 rings (SSSR count). The van der Waals surface area contributed by atoms with Crippen LogP contribution < -0.4 is 4.74 Å². The fraction of sp³-hybridized carbons (Fsp3) is 0.619. The highest BCUT2D eigenvalue weighted by Gasteiger charge is 2.32. The van der Waals surface area contributed by atoms with Gasteiger partial charge in [0.1, 0.15) is 5.75 Å². The summed E-state index contributed by atoms with van der Waals surface area (Å²) in [6.45, 7) is 6.51. The number of carbonyl (C=O) groups is 2. The average Bonchev–Trinajstić information content (AvgIpc) is 2.91. The molecule has 1 atom stereocenters. The van der Waals surface area contributed by atoms with Crippen LogP contribution in [-0.2, 0) is 22.5 Å². The molecule has 7 nitrogen and oxygen atoms in total. The average molecular weight is 390 g/mol. The van der Waals surface area contributed by atoms with Crippen molar-refractivity contribution < 1.29 is 24.2 Å². The van der Waals surface area contributed by atoms with Crippen molar-refractivity contribution in [2.75, 3.05) is 32.8 Å². The number of ether oxygens (including phenoxy) is 2. The van der Waals surface area contributed by atoms with Gasteiger partial charge in [-0.15, -0.1) is 0 Å². The predicted molar refractivity (Wildman–Crippen MR) is 104 cm³/mol. The van der Waals surface area contributed by atoms with Crippen LogP contribution in [0, 0.1) is 5.92 Å². The van der Waals surface area contributed by atoms with Crippen LogP contribution in [0.1, 0.15) is 37.8 Å². The van der Waals surface area contributed by atoms with Crippen LogP contribution >= 0.6 is 0 Å². The standard InChI is InChI=1S/C21H30N2O5/c1-15(2)12-23(20(24)19-14-22(21(25)26)8-10-28-19)13-16-6-7-17-5-3-4-9-27-18(17)11-16/h6-7,11,15,19H,3-5,8-10,12-14H2,1-2H3,(H,25,26). The number of carboxylic acid groups (broad SMARTS) is 1. The number of rotatable bonds is 5. The topological polar surface area (TPSA) is 79.3 Å². The van der Waals surface area contributed by atoms with Crippen LogP contribution in [0.15, 0.2) is 18.2 Å². The minimum Gasteiger partial charge on any atom is -0.493 e. The Hall–Kier alpha value is -2.28. The molecule has 2 aliphatic heterocycles. The molecule has 0 spiro atoms. The maximum atomic E-state index is 13.1. The largest absolute Gasteiger partial charge is 0.493 e. The van der Waals surface area contributed by atoms with Crippen molar-refractivity contribution in [2.45, 2.75) is 45.8 Å². The minimum atomic E-state index is -1.01. The first-order valence-electron chi connectivity index (χ1n) is 10.1. The first-order chi connectivity index (χ1) is 13.4. The molecule has 28 heavy (non-hydrogen) atoms. The summed E-state index contributed by atoms with van der Waals surface area (Å²) in [4.78, 5) is 27.4. The maximum Gasteiger partial charge on any atom is 0.407 e. The minimum absolute atomic E-state index is 0.0794. The van der Waals surface area contributed by atoms with Crippen molar-refractivity contribution in [1.29, 1.82) is 0 Å². The lowest BCUT2D eigenvalue weighted by Gasteiger charge is -2.34. The summed E-state index contributed by atoms with van der Waals surface area (Å²) in [5.74, 6) is 1.05. The second kappa shape index (κ2) is 9.28. The molecule has 0 saturated carbocycles. The summed E-state index contributed by atoms with van der Waals surface area (Å²) in [5, 5.41) is 9.22. The lowest BCUT2D eigenvalue weighted by molar-refractivity contribution is -0.149. The predicted octanol–water partition coefficient (Wildman–Crippen LogP) is 2.77. The third kappa shape index (κ3) is 5.16. The van der Waals surface area contributed by atoms with Crippen molar-refractivity contribution in [3.63, 3.8) is 0 Å². The number of benzene rings is 1. The number of carbonyl (C=O) groups excluding carboxylic acids is 1. The van der Waals surface area contributed by atoms with E-state index in [4.69, 9.17) is 9.47 Å². The number of aryl methyl sites for hydroxylation is 1. The third-order valence-electron chi connectivity index (χ3n) is 5.11. The molecule has 1 aromatic rings. The second-order valence-corrected chi connectivity index (χ2v) is 7.95. The van der Waals surface area contributed by atoms with E-state index in [0.717, 1.165) is 37.2 Å². The van der Waals surface area contributed by atoms with E-state index in [9.17, 15) is 14.7 Å². The van der Waals surface area contributed by atoms with Crippen LogP contribution in [0.5, 0.6) is 5.75 Å². The summed E-state index contributed by atoms with van der Waals surface area (Å²) in [5.41, 5.74) is 2.23. The van der Waals surface area contributed by atoms with Gasteiger partial charge in [0.15, 0.2) is 6.10 Å². The number of hydrogen-bond acceptors (Lipinski definition) is 4. The van der Waals surface area contributed by atoms with Gasteiger partial charge in [-0.1, -0.05) is 26.0 Å². The quantitative estimate of drug-likeness (QED) is 0.836. The van der Waals surface area contributed by atoms with Crippen LogP contribution in [0.3, 0.4) is 0 Å². The zero-order chi connectivity index (χ0) is 20.1. The fourth-order valence-electron chi connectivity index (χ4n) is 3.71. The number of amides is 2. The summed E-state index contributed by atoms with van der Waals surface area (Å²) in [7, 11) is 0. The Morgan fingerprint density at radius 2 is 2.11 bits per heavy atom. The maximum absolute atomic E-state index is 13.1. The molecule has 0 aliphatic carbocycles. The van der Waals surface area contributed by atoms with Crippen LogP contribution in [0.2, 0.25) is 0 Å². The zero-order valence-corrected chi connectivity index (χ0v) is 16.7. The van der Waals surface area contributed by atoms with E-state index in [1.165, 1.54) is 10.5 Å². The van der Waals surface area contributed by atoms with E-state index >= 15 is 0 Å². The molecular formula is C21H30N2O5. The highest BCUT2D eigenvalue weighted by molar-refractivity contribution is 5.82. The molecule has 1 saturated heterocycles.